The second kappa shape index (κ2) is 7.35. The van der Waals surface area contributed by atoms with Crippen molar-refractivity contribution < 1.29 is 9.47 Å². The number of hydrogen-bond acceptors (Lipinski definition) is 6. The van der Waals surface area contributed by atoms with E-state index in [0.717, 1.165) is 33.7 Å². The third kappa shape index (κ3) is 3.51. The molecule has 124 valence electrons. The van der Waals surface area contributed by atoms with Crippen molar-refractivity contribution in [1.82, 2.24) is 20.2 Å². The molecule has 0 aliphatic heterocycles. The first-order chi connectivity index (χ1) is 11.7. The zero-order valence-electron chi connectivity index (χ0n) is 13.8. The molecule has 1 heterocycles. The van der Waals surface area contributed by atoms with Gasteiger partial charge >= 0.3 is 0 Å². The number of ether oxygens (including phenoxy) is 2. The number of aryl methyl sites for hydroxylation is 1. The van der Waals surface area contributed by atoms with Crippen LogP contribution in [-0.4, -0.2) is 34.4 Å². The normalized spacial score (nSPS) is 10.6. The van der Waals surface area contributed by atoms with E-state index in [-0.39, 0.29) is 0 Å². The molecule has 3 aromatic rings. The van der Waals surface area contributed by atoms with Gasteiger partial charge in [-0.05, 0) is 47.7 Å². The van der Waals surface area contributed by atoms with Crippen LogP contribution in [0.3, 0.4) is 0 Å². The summed E-state index contributed by atoms with van der Waals surface area (Å²) >= 11 is 1.57. The van der Waals surface area contributed by atoms with E-state index in [2.05, 4.69) is 28.5 Å². The van der Waals surface area contributed by atoms with Gasteiger partial charge in [-0.25, -0.2) is 0 Å². The Balaban J connectivity index is 1.80. The number of rotatable bonds is 6. The van der Waals surface area contributed by atoms with E-state index in [1.807, 2.05) is 36.4 Å². The van der Waals surface area contributed by atoms with Crippen molar-refractivity contribution in [2.75, 3.05) is 14.2 Å². The summed E-state index contributed by atoms with van der Waals surface area (Å²) in [5.74, 6) is 2.39. The molecule has 0 radical (unpaired) electrons. The number of hydrogen-bond donors (Lipinski definition) is 0. The van der Waals surface area contributed by atoms with Crippen molar-refractivity contribution in [3.8, 4) is 17.2 Å². The minimum atomic E-state index is 0.724. The predicted octanol–water partition coefficient (Wildman–Crippen LogP) is 3.28. The van der Waals surface area contributed by atoms with E-state index in [4.69, 9.17) is 9.47 Å². The number of thioether (sulfide) groups is 1. The maximum Gasteiger partial charge on any atom is 0.214 e. The fraction of sp³-hybridized carbons (Fsp3) is 0.235. The van der Waals surface area contributed by atoms with Gasteiger partial charge in [-0.15, -0.1) is 5.10 Å². The second-order valence-electron chi connectivity index (χ2n) is 5.18. The predicted molar refractivity (Wildman–Crippen MR) is 93.0 cm³/mol. The molecule has 0 N–H and O–H groups in total. The maximum absolute atomic E-state index is 5.42. The number of benzene rings is 2. The standard InChI is InChI=1S/C17H18N4O2S/c1-12-4-9-16(23-3)13(10-12)11-24-17-18-19-20-21(17)14-5-7-15(22-2)8-6-14/h4-10H,11H2,1-3H3. The Morgan fingerprint density at radius 1 is 1.04 bits per heavy atom. The second-order valence-corrected chi connectivity index (χ2v) is 6.12. The van der Waals surface area contributed by atoms with Gasteiger partial charge in [0.15, 0.2) is 0 Å². The smallest absolute Gasteiger partial charge is 0.214 e. The third-order valence-electron chi connectivity index (χ3n) is 3.55. The number of methoxy groups -OCH3 is 2. The SMILES string of the molecule is COc1ccc(-n2nnnc2SCc2cc(C)ccc2OC)cc1. The van der Waals surface area contributed by atoms with Gasteiger partial charge in [0, 0.05) is 11.3 Å². The largest absolute Gasteiger partial charge is 0.497 e. The van der Waals surface area contributed by atoms with Crippen LogP contribution in [-0.2, 0) is 5.75 Å². The summed E-state index contributed by atoms with van der Waals surface area (Å²) in [5.41, 5.74) is 3.20. The van der Waals surface area contributed by atoms with Gasteiger partial charge in [0.05, 0.1) is 19.9 Å². The fourth-order valence-corrected chi connectivity index (χ4v) is 3.19. The maximum atomic E-state index is 5.42. The Morgan fingerprint density at radius 3 is 2.54 bits per heavy atom. The van der Waals surface area contributed by atoms with E-state index >= 15 is 0 Å². The topological polar surface area (TPSA) is 62.1 Å². The fourth-order valence-electron chi connectivity index (χ4n) is 2.32. The average Bonchev–Trinajstić information content (AvgIpc) is 3.08. The molecule has 0 amide bonds. The third-order valence-corrected chi connectivity index (χ3v) is 4.52. The highest BCUT2D eigenvalue weighted by Crippen LogP contribution is 2.28. The van der Waals surface area contributed by atoms with E-state index in [1.54, 1.807) is 30.7 Å². The summed E-state index contributed by atoms with van der Waals surface area (Å²) in [5, 5.41) is 12.7. The van der Waals surface area contributed by atoms with E-state index in [9.17, 15) is 0 Å². The molecular weight excluding hydrogens is 324 g/mol. The lowest BCUT2D eigenvalue weighted by atomic mass is 10.1. The first-order valence-corrected chi connectivity index (χ1v) is 8.39. The van der Waals surface area contributed by atoms with E-state index in [0.29, 0.717) is 0 Å². The molecule has 7 heteroatoms. The Bertz CT molecular complexity index is 818. The van der Waals surface area contributed by atoms with Crippen LogP contribution in [0.25, 0.3) is 5.69 Å². The number of tetrazole rings is 1. The van der Waals surface area contributed by atoms with Gasteiger partial charge in [0.25, 0.3) is 0 Å². The van der Waals surface area contributed by atoms with Gasteiger partial charge in [-0.3, -0.25) is 0 Å². The van der Waals surface area contributed by atoms with Gasteiger partial charge in [0.1, 0.15) is 11.5 Å². The first-order valence-electron chi connectivity index (χ1n) is 7.40. The van der Waals surface area contributed by atoms with Crippen LogP contribution in [0.4, 0.5) is 0 Å². The molecule has 0 saturated carbocycles. The zero-order valence-corrected chi connectivity index (χ0v) is 14.6. The van der Waals surface area contributed by atoms with Crippen molar-refractivity contribution in [1.29, 1.82) is 0 Å². The Morgan fingerprint density at radius 2 is 1.83 bits per heavy atom. The summed E-state index contributed by atoms with van der Waals surface area (Å²) in [7, 11) is 3.32. The minimum Gasteiger partial charge on any atom is -0.497 e. The number of nitrogens with zero attached hydrogens (tertiary/aromatic N) is 4. The molecule has 1 aromatic heterocycles. The van der Waals surface area contributed by atoms with Crippen LogP contribution in [0.15, 0.2) is 47.6 Å². The van der Waals surface area contributed by atoms with E-state index < -0.39 is 0 Å². The molecule has 0 bridgehead atoms. The summed E-state index contributed by atoms with van der Waals surface area (Å²) in [6.45, 7) is 2.06. The molecule has 2 aromatic carbocycles. The first kappa shape index (κ1) is 16.3. The van der Waals surface area contributed by atoms with Gasteiger partial charge in [-0.2, -0.15) is 4.68 Å². The molecule has 3 rings (SSSR count). The van der Waals surface area contributed by atoms with Gasteiger partial charge < -0.3 is 9.47 Å². The van der Waals surface area contributed by atoms with Gasteiger partial charge in [-0.1, -0.05) is 29.5 Å². The summed E-state index contributed by atoms with van der Waals surface area (Å²) in [6.07, 6.45) is 0. The van der Waals surface area contributed by atoms with Crippen molar-refractivity contribution >= 4 is 11.8 Å². The lowest BCUT2D eigenvalue weighted by Crippen LogP contribution is -1.99. The van der Waals surface area contributed by atoms with Crippen LogP contribution in [0.1, 0.15) is 11.1 Å². The zero-order chi connectivity index (χ0) is 16.9. The Labute approximate surface area is 144 Å². The van der Waals surface area contributed by atoms with Crippen LogP contribution < -0.4 is 9.47 Å². The van der Waals surface area contributed by atoms with Crippen LogP contribution in [0.5, 0.6) is 11.5 Å². The lowest BCUT2D eigenvalue weighted by Gasteiger charge is -2.09. The van der Waals surface area contributed by atoms with E-state index in [1.165, 1.54) is 5.56 Å². The van der Waals surface area contributed by atoms with Gasteiger partial charge in [0.2, 0.25) is 5.16 Å². The summed E-state index contributed by atoms with van der Waals surface area (Å²) < 4.78 is 12.3. The molecule has 0 spiro atoms. The minimum absolute atomic E-state index is 0.724. The summed E-state index contributed by atoms with van der Waals surface area (Å²) in [4.78, 5) is 0. The highest BCUT2D eigenvalue weighted by Gasteiger charge is 2.11. The van der Waals surface area contributed by atoms with Crippen molar-refractivity contribution in [2.45, 2.75) is 17.8 Å². The van der Waals surface area contributed by atoms with Crippen LogP contribution in [0, 0.1) is 6.92 Å². The van der Waals surface area contributed by atoms with Crippen molar-refractivity contribution in [2.24, 2.45) is 0 Å². The summed E-state index contributed by atoms with van der Waals surface area (Å²) in [6, 6.07) is 13.8. The average molecular weight is 342 g/mol. The van der Waals surface area contributed by atoms with Crippen molar-refractivity contribution in [3.05, 3.63) is 53.6 Å². The molecule has 0 atom stereocenters. The quantitative estimate of drug-likeness (QED) is 0.641. The van der Waals surface area contributed by atoms with Crippen LogP contribution in [0.2, 0.25) is 0 Å². The highest BCUT2D eigenvalue weighted by molar-refractivity contribution is 7.98. The molecule has 24 heavy (non-hydrogen) atoms. The Hall–Kier alpha value is -2.54. The highest BCUT2D eigenvalue weighted by atomic mass is 32.2. The number of aromatic nitrogens is 4. The Kier molecular flexibility index (Phi) is 5.00. The monoisotopic (exact) mass is 342 g/mol. The lowest BCUT2D eigenvalue weighted by molar-refractivity contribution is 0.411. The molecule has 0 unspecified atom stereocenters. The van der Waals surface area contributed by atoms with Crippen molar-refractivity contribution in [3.63, 3.8) is 0 Å². The van der Waals surface area contributed by atoms with Crippen LogP contribution >= 0.6 is 11.8 Å². The molecule has 0 fully saturated rings. The molecule has 0 aliphatic carbocycles. The molecule has 0 saturated heterocycles. The molecule has 6 nitrogen and oxygen atoms in total. The molecule has 0 aliphatic rings. The molecular formula is C17H18N4O2S.